The van der Waals surface area contributed by atoms with Crippen LogP contribution < -0.4 is 11.1 Å². The molecule has 26 heavy (non-hydrogen) atoms. The first-order chi connectivity index (χ1) is 12.1. The Morgan fingerprint density at radius 1 is 1.42 bits per heavy atom. The van der Waals surface area contributed by atoms with Crippen LogP contribution in [0.3, 0.4) is 0 Å². The molecule has 4 N–H and O–H groups in total. The molecule has 10 heteroatoms. The number of carboxylic acids is 1. The summed E-state index contributed by atoms with van der Waals surface area (Å²) in [4.78, 5) is 27.0. The van der Waals surface area contributed by atoms with Gasteiger partial charge in [0.25, 0.3) is 0 Å². The number of carbonyl (C=O) groups is 2. The van der Waals surface area contributed by atoms with Crippen molar-refractivity contribution in [3.05, 3.63) is 23.8 Å². The summed E-state index contributed by atoms with van der Waals surface area (Å²) in [6.45, 7) is 3.26. The normalized spacial score (nSPS) is 18.7. The highest BCUT2D eigenvalue weighted by atomic mass is 32.2. The zero-order valence-corrected chi connectivity index (χ0v) is 15.4. The van der Waals surface area contributed by atoms with Crippen LogP contribution in [0.15, 0.2) is 28.1 Å². The lowest BCUT2D eigenvalue weighted by molar-refractivity contribution is -0.140. The van der Waals surface area contributed by atoms with Crippen LogP contribution in [0.5, 0.6) is 0 Å². The molecule has 142 valence electrons. The molecule has 0 unspecified atom stereocenters. The number of sulfonamides is 1. The monoisotopic (exact) mass is 382 g/mol. The fourth-order valence-corrected chi connectivity index (χ4v) is 4.37. The zero-order chi connectivity index (χ0) is 19.5. The average molecular weight is 382 g/mol. The average Bonchev–Trinajstić information content (AvgIpc) is 3.05. The topological polar surface area (TPSA) is 142 Å². The number of benzene rings is 1. The molecule has 0 radical (unpaired) electrons. The molecule has 0 saturated carbocycles. The lowest BCUT2D eigenvalue weighted by atomic mass is 10.2. The predicted octanol–water partition coefficient (Wildman–Crippen LogP) is 0.548. The predicted molar refractivity (Wildman–Crippen MR) is 96.5 cm³/mol. The van der Waals surface area contributed by atoms with Crippen molar-refractivity contribution in [1.82, 2.24) is 4.31 Å². The summed E-state index contributed by atoms with van der Waals surface area (Å²) in [6.07, 6.45) is 0.766. The molecule has 2 rings (SSSR count). The van der Waals surface area contributed by atoms with Crippen molar-refractivity contribution < 1.29 is 23.1 Å². The number of aliphatic carboxylic acids is 1. The number of carbonyl (C=O) groups excluding carboxylic acids is 1. The Balaban J connectivity index is 2.29. The minimum absolute atomic E-state index is 0.0648. The lowest BCUT2D eigenvalue weighted by Crippen LogP contribution is -2.40. The van der Waals surface area contributed by atoms with Crippen LogP contribution in [0.2, 0.25) is 0 Å². The standard InChI is InChI=1S/C16H22N4O5S/c1-10-5-6-12(8-13(10)19-15(21)9-18-11(2)17)26(24,25)20-7-3-4-14(20)16(22)23/h5-6,8,14H,3-4,7,9H2,1-2H3,(H2,17,18)(H,19,21)(H,22,23)/t14-/m0/s1. The number of nitrogens with zero attached hydrogens (tertiary/aromatic N) is 2. The number of nitrogens with two attached hydrogens (primary N) is 1. The van der Waals surface area contributed by atoms with Gasteiger partial charge < -0.3 is 16.2 Å². The van der Waals surface area contributed by atoms with Crippen LogP contribution in [-0.2, 0) is 19.6 Å². The number of aliphatic imine (C=N–C) groups is 1. The number of anilines is 1. The molecule has 1 heterocycles. The maximum Gasteiger partial charge on any atom is 0.322 e. The molecule has 9 nitrogen and oxygen atoms in total. The van der Waals surface area contributed by atoms with Gasteiger partial charge in [0.05, 0.1) is 10.7 Å². The van der Waals surface area contributed by atoms with Gasteiger partial charge >= 0.3 is 5.97 Å². The molecule has 1 saturated heterocycles. The molecule has 0 aromatic heterocycles. The van der Waals surface area contributed by atoms with Crippen molar-refractivity contribution in [2.24, 2.45) is 10.7 Å². The second-order valence-electron chi connectivity index (χ2n) is 6.09. The number of amidine groups is 1. The fraction of sp³-hybridized carbons (Fsp3) is 0.438. The van der Waals surface area contributed by atoms with Crippen molar-refractivity contribution in [3.8, 4) is 0 Å². The molecular formula is C16H22N4O5S. The summed E-state index contributed by atoms with van der Waals surface area (Å²) < 4.78 is 26.6. The van der Waals surface area contributed by atoms with E-state index in [2.05, 4.69) is 10.3 Å². The third-order valence-corrected chi connectivity index (χ3v) is 5.95. The maximum atomic E-state index is 12.8. The number of hydrogen-bond donors (Lipinski definition) is 3. The SMILES string of the molecule is CC(N)=NCC(=O)Nc1cc(S(=O)(=O)N2CCC[C@H]2C(=O)O)ccc1C. The molecular weight excluding hydrogens is 360 g/mol. The minimum Gasteiger partial charge on any atom is -0.480 e. The maximum absolute atomic E-state index is 12.8. The number of amides is 1. The van der Waals surface area contributed by atoms with E-state index >= 15 is 0 Å². The minimum atomic E-state index is -3.98. The Morgan fingerprint density at radius 2 is 2.12 bits per heavy atom. The van der Waals surface area contributed by atoms with Gasteiger partial charge in [0.15, 0.2) is 0 Å². The van der Waals surface area contributed by atoms with Crippen molar-refractivity contribution in [2.75, 3.05) is 18.4 Å². The molecule has 1 aromatic rings. The number of hydrogen-bond acceptors (Lipinski definition) is 5. The van der Waals surface area contributed by atoms with Gasteiger partial charge in [-0.25, -0.2) is 8.42 Å². The molecule has 1 aliphatic rings. The third kappa shape index (κ3) is 4.38. The Labute approximate surface area is 151 Å². The molecule has 1 amide bonds. The number of carboxylic acid groups (broad SMARTS) is 1. The molecule has 1 aliphatic heterocycles. The quantitative estimate of drug-likeness (QED) is 0.484. The second kappa shape index (κ2) is 7.83. The zero-order valence-electron chi connectivity index (χ0n) is 14.6. The van der Waals surface area contributed by atoms with E-state index in [4.69, 9.17) is 5.73 Å². The Morgan fingerprint density at radius 3 is 2.73 bits per heavy atom. The summed E-state index contributed by atoms with van der Waals surface area (Å²) >= 11 is 0. The first kappa shape index (κ1) is 19.9. The smallest absolute Gasteiger partial charge is 0.322 e. The second-order valence-corrected chi connectivity index (χ2v) is 7.99. The summed E-state index contributed by atoms with van der Waals surface area (Å²) in [5.41, 5.74) is 6.38. The Kier molecular flexibility index (Phi) is 5.98. The van der Waals surface area contributed by atoms with Crippen LogP contribution in [0, 0.1) is 6.92 Å². The van der Waals surface area contributed by atoms with E-state index in [0.29, 0.717) is 17.7 Å². The van der Waals surface area contributed by atoms with Gasteiger partial charge in [-0.05, 0) is 44.4 Å². The molecule has 0 bridgehead atoms. The van der Waals surface area contributed by atoms with Gasteiger partial charge in [-0.15, -0.1) is 0 Å². The van der Waals surface area contributed by atoms with Gasteiger partial charge in [-0.1, -0.05) is 6.07 Å². The van der Waals surface area contributed by atoms with Crippen molar-refractivity contribution in [2.45, 2.75) is 37.6 Å². The van der Waals surface area contributed by atoms with Crippen LogP contribution in [0.1, 0.15) is 25.3 Å². The van der Waals surface area contributed by atoms with Crippen molar-refractivity contribution >= 4 is 33.4 Å². The van der Waals surface area contributed by atoms with E-state index in [0.717, 1.165) is 4.31 Å². The Hall–Kier alpha value is -2.46. The van der Waals surface area contributed by atoms with E-state index in [1.54, 1.807) is 19.9 Å². The largest absolute Gasteiger partial charge is 0.480 e. The fourth-order valence-electron chi connectivity index (χ4n) is 2.69. The number of aryl methyl sites for hydroxylation is 1. The first-order valence-electron chi connectivity index (χ1n) is 8.04. The van der Waals surface area contributed by atoms with Crippen molar-refractivity contribution in [1.29, 1.82) is 0 Å². The Bertz CT molecular complexity index is 846. The highest BCUT2D eigenvalue weighted by Gasteiger charge is 2.39. The van der Waals surface area contributed by atoms with Gasteiger partial charge in [0, 0.05) is 12.2 Å². The van der Waals surface area contributed by atoms with Crippen LogP contribution in [-0.4, -0.2) is 54.7 Å². The summed E-state index contributed by atoms with van der Waals surface area (Å²) in [5.74, 6) is -1.33. The van der Waals surface area contributed by atoms with Gasteiger partial charge in [-0.2, -0.15) is 4.31 Å². The van der Waals surface area contributed by atoms with E-state index in [1.165, 1.54) is 12.1 Å². The summed E-state index contributed by atoms with van der Waals surface area (Å²) in [5, 5.41) is 11.8. The van der Waals surface area contributed by atoms with E-state index in [9.17, 15) is 23.1 Å². The van der Waals surface area contributed by atoms with E-state index in [-0.39, 0.29) is 30.2 Å². The molecule has 0 aliphatic carbocycles. The third-order valence-electron chi connectivity index (χ3n) is 4.05. The number of rotatable bonds is 6. The van der Waals surface area contributed by atoms with Crippen LogP contribution in [0.4, 0.5) is 5.69 Å². The van der Waals surface area contributed by atoms with E-state index in [1.807, 2.05) is 0 Å². The highest BCUT2D eigenvalue weighted by molar-refractivity contribution is 7.89. The molecule has 1 aromatic carbocycles. The molecule has 0 spiro atoms. The van der Waals surface area contributed by atoms with Crippen LogP contribution >= 0.6 is 0 Å². The summed E-state index contributed by atoms with van der Waals surface area (Å²) in [7, 11) is -3.98. The number of nitrogens with one attached hydrogen (secondary N) is 1. The lowest BCUT2D eigenvalue weighted by Gasteiger charge is -2.21. The first-order valence-corrected chi connectivity index (χ1v) is 9.48. The van der Waals surface area contributed by atoms with E-state index < -0.39 is 27.9 Å². The van der Waals surface area contributed by atoms with Crippen molar-refractivity contribution in [3.63, 3.8) is 0 Å². The van der Waals surface area contributed by atoms with Gasteiger partial charge in [-0.3, -0.25) is 14.6 Å². The highest BCUT2D eigenvalue weighted by Crippen LogP contribution is 2.28. The van der Waals surface area contributed by atoms with Crippen LogP contribution in [0.25, 0.3) is 0 Å². The van der Waals surface area contributed by atoms with Gasteiger partial charge in [0.2, 0.25) is 15.9 Å². The van der Waals surface area contributed by atoms with Gasteiger partial charge in [0.1, 0.15) is 12.6 Å². The molecule has 1 fully saturated rings. The summed E-state index contributed by atoms with van der Waals surface area (Å²) in [6, 6.07) is 3.23. The molecule has 1 atom stereocenters.